The molecule has 0 bridgehead atoms. The molecule has 1 atom stereocenters. The van der Waals surface area contributed by atoms with Gasteiger partial charge in [0, 0.05) is 38.4 Å². The summed E-state index contributed by atoms with van der Waals surface area (Å²) in [6, 6.07) is 4.91. The largest absolute Gasteiger partial charge is 0.462 e. The highest BCUT2D eigenvalue weighted by Crippen LogP contribution is 2.36. The molecule has 1 saturated heterocycles. The van der Waals surface area contributed by atoms with E-state index >= 15 is 0 Å². The highest BCUT2D eigenvalue weighted by Gasteiger charge is 2.30. The number of nitrogens with zero attached hydrogens (tertiary/aromatic N) is 4. The second kappa shape index (κ2) is 8.74. The van der Waals surface area contributed by atoms with Crippen LogP contribution in [-0.2, 0) is 9.47 Å². The first-order chi connectivity index (χ1) is 14.6. The SMILES string of the molecule is COCCCOC(=O)c1cnn2ccc(N3CCC[C@@H]3c3cc(F)ccc3F)nc12. The van der Waals surface area contributed by atoms with Gasteiger partial charge in [0.25, 0.3) is 0 Å². The molecule has 1 aliphatic heterocycles. The molecule has 0 unspecified atom stereocenters. The Bertz CT molecular complexity index is 1060. The van der Waals surface area contributed by atoms with Crippen molar-refractivity contribution in [3.8, 4) is 0 Å². The summed E-state index contributed by atoms with van der Waals surface area (Å²) in [6.07, 6.45) is 5.20. The third kappa shape index (κ3) is 3.97. The Balaban J connectivity index is 1.61. The van der Waals surface area contributed by atoms with E-state index in [1.165, 1.54) is 16.8 Å². The van der Waals surface area contributed by atoms with Crippen molar-refractivity contribution in [3.05, 3.63) is 59.4 Å². The first-order valence-electron chi connectivity index (χ1n) is 9.80. The van der Waals surface area contributed by atoms with Crippen molar-refractivity contribution in [2.24, 2.45) is 0 Å². The fourth-order valence-corrected chi connectivity index (χ4v) is 3.74. The molecule has 2 aromatic heterocycles. The maximum Gasteiger partial charge on any atom is 0.343 e. The molecule has 0 saturated carbocycles. The van der Waals surface area contributed by atoms with Crippen LogP contribution >= 0.6 is 0 Å². The van der Waals surface area contributed by atoms with Gasteiger partial charge in [0.15, 0.2) is 5.65 Å². The summed E-state index contributed by atoms with van der Waals surface area (Å²) in [4.78, 5) is 18.9. The zero-order valence-electron chi connectivity index (χ0n) is 16.6. The fourth-order valence-electron chi connectivity index (χ4n) is 3.74. The summed E-state index contributed by atoms with van der Waals surface area (Å²) in [5, 5.41) is 4.16. The van der Waals surface area contributed by atoms with Crippen molar-refractivity contribution in [3.63, 3.8) is 0 Å². The quantitative estimate of drug-likeness (QED) is 0.434. The molecule has 3 heterocycles. The van der Waals surface area contributed by atoms with Crippen LogP contribution in [0.5, 0.6) is 0 Å². The molecule has 1 aliphatic rings. The number of hydrogen-bond acceptors (Lipinski definition) is 6. The zero-order chi connectivity index (χ0) is 21.1. The van der Waals surface area contributed by atoms with E-state index in [0.29, 0.717) is 43.0 Å². The van der Waals surface area contributed by atoms with E-state index in [9.17, 15) is 13.6 Å². The number of anilines is 1. The van der Waals surface area contributed by atoms with Crippen molar-refractivity contribution < 1.29 is 23.0 Å². The van der Waals surface area contributed by atoms with Gasteiger partial charge in [-0.15, -0.1) is 0 Å². The number of ether oxygens (including phenoxy) is 2. The molecule has 1 aromatic carbocycles. The lowest BCUT2D eigenvalue weighted by molar-refractivity contribution is 0.0470. The molecule has 30 heavy (non-hydrogen) atoms. The highest BCUT2D eigenvalue weighted by molar-refractivity contribution is 5.95. The summed E-state index contributed by atoms with van der Waals surface area (Å²) >= 11 is 0. The number of methoxy groups -OCH3 is 1. The topological polar surface area (TPSA) is 69.0 Å². The van der Waals surface area contributed by atoms with Crippen LogP contribution in [-0.4, -0.2) is 47.4 Å². The zero-order valence-corrected chi connectivity index (χ0v) is 16.6. The van der Waals surface area contributed by atoms with Crippen molar-refractivity contribution >= 4 is 17.4 Å². The van der Waals surface area contributed by atoms with Crippen molar-refractivity contribution in [1.82, 2.24) is 14.6 Å². The van der Waals surface area contributed by atoms with Gasteiger partial charge in [-0.2, -0.15) is 5.10 Å². The van der Waals surface area contributed by atoms with Crippen molar-refractivity contribution in [1.29, 1.82) is 0 Å². The number of benzene rings is 1. The predicted molar refractivity (Wildman–Crippen MR) is 105 cm³/mol. The number of aromatic nitrogens is 3. The lowest BCUT2D eigenvalue weighted by Gasteiger charge is -2.26. The van der Waals surface area contributed by atoms with E-state index < -0.39 is 17.6 Å². The number of esters is 1. The normalized spacial score (nSPS) is 16.4. The molecule has 7 nitrogen and oxygen atoms in total. The minimum Gasteiger partial charge on any atom is -0.462 e. The van der Waals surface area contributed by atoms with Gasteiger partial charge in [-0.1, -0.05) is 0 Å². The molecular weight excluding hydrogens is 394 g/mol. The molecule has 3 aromatic rings. The Labute approximate surface area is 172 Å². The third-order valence-corrected chi connectivity index (χ3v) is 5.16. The molecule has 4 rings (SSSR count). The smallest absolute Gasteiger partial charge is 0.343 e. The van der Waals surface area contributed by atoms with Gasteiger partial charge in [0.05, 0.1) is 18.8 Å². The van der Waals surface area contributed by atoms with Crippen LogP contribution in [0.4, 0.5) is 14.6 Å². The number of halogens is 2. The molecule has 0 spiro atoms. The Morgan fingerprint density at radius 2 is 2.13 bits per heavy atom. The maximum absolute atomic E-state index is 14.4. The second-order valence-electron chi connectivity index (χ2n) is 7.11. The number of carbonyl (C=O) groups is 1. The van der Waals surface area contributed by atoms with Gasteiger partial charge in [0.2, 0.25) is 0 Å². The molecule has 0 amide bonds. The third-order valence-electron chi connectivity index (χ3n) is 5.16. The predicted octanol–water partition coefficient (Wildman–Crippen LogP) is 3.54. The Hall–Kier alpha value is -3.07. The Kier molecular flexibility index (Phi) is 5.89. The number of hydrogen-bond donors (Lipinski definition) is 0. The average Bonchev–Trinajstić information content (AvgIpc) is 3.39. The van der Waals surface area contributed by atoms with Crippen LogP contribution in [0, 0.1) is 11.6 Å². The van der Waals surface area contributed by atoms with Crippen LogP contribution in [0.25, 0.3) is 5.65 Å². The summed E-state index contributed by atoms with van der Waals surface area (Å²) in [5.41, 5.74) is 0.914. The molecular formula is C21H22F2N4O3. The van der Waals surface area contributed by atoms with Crippen LogP contribution in [0.15, 0.2) is 36.7 Å². The van der Waals surface area contributed by atoms with E-state index in [1.807, 2.05) is 4.90 Å². The fraction of sp³-hybridized carbons (Fsp3) is 0.381. The summed E-state index contributed by atoms with van der Waals surface area (Å²) < 4.78 is 39.8. The summed E-state index contributed by atoms with van der Waals surface area (Å²) in [7, 11) is 1.58. The van der Waals surface area contributed by atoms with Gasteiger partial charge in [-0.25, -0.2) is 23.1 Å². The minimum atomic E-state index is -0.514. The summed E-state index contributed by atoms with van der Waals surface area (Å²) in [6.45, 7) is 1.38. The van der Waals surface area contributed by atoms with Gasteiger partial charge < -0.3 is 14.4 Å². The molecule has 9 heteroatoms. The number of fused-ring (bicyclic) bond motifs is 1. The highest BCUT2D eigenvalue weighted by atomic mass is 19.1. The van der Waals surface area contributed by atoms with E-state index in [4.69, 9.17) is 9.47 Å². The first-order valence-corrected chi connectivity index (χ1v) is 9.80. The van der Waals surface area contributed by atoms with Gasteiger partial charge >= 0.3 is 5.97 Å². The van der Waals surface area contributed by atoms with E-state index in [2.05, 4.69) is 10.1 Å². The van der Waals surface area contributed by atoms with Gasteiger partial charge in [-0.3, -0.25) is 0 Å². The van der Waals surface area contributed by atoms with E-state index in [1.54, 1.807) is 19.4 Å². The number of carbonyl (C=O) groups excluding carboxylic acids is 1. The van der Waals surface area contributed by atoms with Gasteiger partial charge in [-0.05, 0) is 37.1 Å². The monoisotopic (exact) mass is 416 g/mol. The van der Waals surface area contributed by atoms with Crippen molar-refractivity contribution in [2.75, 3.05) is 31.8 Å². The van der Waals surface area contributed by atoms with Crippen LogP contribution in [0.3, 0.4) is 0 Å². The van der Waals surface area contributed by atoms with Gasteiger partial charge in [0.1, 0.15) is 23.0 Å². The number of rotatable bonds is 7. The summed E-state index contributed by atoms with van der Waals surface area (Å²) in [5.74, 6) is -0.863. The standard InChI is InChI=1S/C21H22F2N4O3/c1-29-10-3-11-30-21(28)16-13-24-27-9-7-19(25-20(16)27)26-8-2-4-18(26)15-12-14(22)5-6-17(15)23/h5-7,9,12-13,18H,2-4,8,10-11H2,1H3/t18-/m1/s1. The second-order valence-corrected chi connectivity index (χ2v) is 7.11. The molecule has 158 valence electrons. The van der Waals surface area contributed by atoms with E-state index in [0.717, 1.165) is 18.6 Å². The molecule has 1 fully saturated rings. The minimum absolute atomic E-state index is 0.233. The maximum atomic E-state index is 14.4. The molecule has 0 N–H and O–H groups in total. The lowest BCUT2D eigenvalue weighted by atomic mass is 10.0. The Morgan fingerprint density at radius 1 is 1.27 bits per heavy atom. The molecule has 0 aliphatic carbocycles. The average molecular weight is 416 g/mol. The van der Waals surface area contributed by atoms with Crippen LogP contribution in [0.2, 0.25) is 0 Å². The first kappa shape index (κ1) is 20.2. The Morgan fingerprint density at radius 3 is 2.97 bits per heavy atom. The van der Waals surface area contributed by atoms with Crippen LogP contribution in [0.1, 0.15) is 41.2 Å². The van der Waals surface area contributed by atoms with E-state index in [-0.39, 0.29) is 18.2 Å². The lowest BCUT2D eigenvalue weighted by Crippen LogP contribution is -2.24. The molecule has 0 radical (unpaired) electrons. The van der Waals surface area contributed by atoms with Crippen LogP contribution < -0.4 is 4.90 Å². The van der Waals surface area contributed by atoms with Crippen molar-refractivity contribution in [2.45, 2.75) is 25.3 Å².